The summed E-state index contributed by atoms with van der Waals surface area (Å²) in [4.78, 5) is 0. The molecule has 1 rings (SSSR count). The Bertz CT molecular complexity index is 424. The van der Waals surface area contributed by atoms with Gasteiger partial charge >= 0.3 is 0 Å². The van der Waals surface area contributed by atoms with Gasteiger partial charge in [-0.15, -0.1) is 6.58 Å². The summed E-state index contributed by atoms with van der Waals surface area (Å²) in [6.45, 7) is 10.3. The zero-order chi connectivity index (χ0) is 17.7. The molecule has 0 saturated carbocycles. The van der Waals surface area contributed by atoms with E-state index in [0.717, 1.165) is 23.8 Å². The Hall–Kier alpha value is -1.48. The molecule has 0 aliphatic rings. The highest BCUT2D eigenvalue weighted by atomic mass is 16.5. The number of nitrogens with two attached hydrogens (primary N) is 1. The Kier molecular flexibility index (Phi) is 12.2. The fourth-order valence-electron chi connectivity index (χ4n) is 2.57. The second kappa shape index (κ2) is 13.0. The van der Waals surface area contributed by atoms with Gasteiger partial charge in [-0.05, 0) is 49.8 Å². The molecular formula is C20H36N2O. The fourth-order valence-corrected chi connectivity index (χ4v) is 2.57. The van der Waals surface area contributed by atoms with Gasteiger partial charge in [0.15, 0.2) is 0 Å². The zero-order valence-corrected chi connectivity index (χ0v) is 15.7. The first kappa shape index (κ1) is 21.5. The summed E-state index contributed by atoms with van der Waals surface area (Å²) < 4.78 is 5.20. The van der Waals surface area contributed by atoms with Crippen LogP contribution in [0, 0.1) is 5.92 Å². The van der Waals surface area contributed by atoms with Crippen LogP contribution in [0.1, 0.15) is 52.0 Å². The molecule has 0 spiro atoms. The summed E-state index contributed by atoms with van der Waals surface area (Å²) >= 11 is 0. The molecule has 0 radical (unpaired) electrons. The second-order valence-corrected chi connectivity index (χ2v) is 6.04. The topological polar surface area (TPSA) is 47.3 Å². The molecule has 0 aliphatic carbocycles. The number of hydrogen-bond donors (Lipinski definition) is 2. The van der Waals surface area contributed by atoms with Crippen LogP contribution in [0.2, 0.25) is 0 Å². The molecular weight excluding hydrogens is 284 g/mol. The Balaban J connectivity index is 0.000000468. The zero-order valence-electron chi connectivity index (χ0n) is 15.7. The van der Waals surface area contributed by atoms with E-state index in [0.29, 0.717) is 0 Å². The molecule has 0 aliphatic heterocycles. The summed E-state index contributed by atoms with van der Waals surface area (Å²) in [5.41, 5.74) is 7.97. The molecule has 0 amide bonds. The van der Waals surface area contributed by atoms with Crippen molar-refractivity contribution in [3.8, 4) is 5.75 Å². The number of nitrogens with one attached hydrogen (secondary N) is 1. The quantitative estimate of drug-likeness (QED) is 0.628. The minimum atomic E-state index is 0.188. The smallest absolute Gasteiger partial charge is 0.141 e. The normalized spacial score (nSPS) is 11.4. The fraction of sp³-hybridized carbons (Fsp3) is 0.600. The van der Waals surface area contributed by atoms with Crippen LogP contribution in [-0.4, -0.2) is 20.2 Å². The molecule has 132 valence electrons. The van der Waals surface area contributed by atoms with Gasteiger partial charge in [-0.3, -0.25) is 0 Å². The van der Waals surface area contributed by atoms with Crippen LogP contribution >= 0.6 is 0 Å². The van der Waals surface area contributed by atoms with Crippen LogP contribution in [0.15, 0.2) is 30.9 Å². The molecule has 3 nitrogen and oxygen atoms in total. The first-order valence-electron chi connectivity index (χ1n) is 8.75. The summed E-state index contributed by atoms with van der Waals surface area (Å²) in [5.74, 6) is 1.64. The molecule has 0 bridgehead atoms. The van der Waals surface area contributed by atoms with E-state index in [2.05, 4.69) is 37.9 Å². The van der Waals surface area contributed by atoms with Gasteiger partial charge in [-0.2, -0.15) is 0 Å². The predicted octanol–water partition coefficient (Wildman–Crippen LogP) is 5.02. The van der Waals surface area contributed by atoms with Crippen molar-refractivity contribution in [2.45, 2.75) is 58.9 Å². The van der Waals surface area contributed by atoms with Gasteiger partial charge in [0.25, 0.3) is 0 Å². The number of methoxy groups -OCH3 is 1. The maximum atomic E-state index is 5.73. The van der Waals surface area contributed by atoms with Crippen molar-refractivity contribution in [3.05, 3.63) is 36.4 Å². The SMILES string of the molecule is C=CC(CCC)CCC.CNc1cc(CC(C)N)ccc1OC. The third-order valence-corrected chi connectivity index (χ3v) is 3.74. The Morgan fingerprint density at radius 3 is 2.26 bits per heavy atom. The minimum Gasteiger partial charge on any atom is -0.495 e. The number of anilines is 1. The van der Waals surface area contributed by atoms with Gasteiger partial charge in [-0.1, -0.05) is 38.8 Å². The van der Waals surface area contributed by atoms with E-state index in [4.69, 9.17) is 10.5 Å². The van der Waals surface area contributed by atoms with Crippen LogP contribution in [0.3, 0.4) is 0 Å². The van der Waals surface area contributed by atoms with Crippen LogP contribution in [0.4, 0.5) is 5.69 Å². The van der Waals surface area contributed by atoms with Crippen LogP contribution in [-0.2, 0) is 6.42 Å². The van der Waals surface area contributed by atoms with Crippen molar-refractivity contribution in [3.63, 3.8) is 0 Å². The first-order chi connectivity index (χ1) is 11.0. The molecule has 3 N–H and O–H groups in total. The highest BCUT2D eigenvalue weighted by molar-refractivity contribution is 5.57. The number of allylic oxidation sites excluding steroid dienone is 1. The molecule has 0 fully saturated rings. The minimum absolute atomic E-state index is 0.188. The Morgan fingerprint density at radius 1 is 1.26 bits per heavy atom. The average Bonchev–Trinajstić information content (AvgIpc) is 2.54. The highest BCUT2D eigenvalue weighted by Crippen LogP contribution is 2.25. The molecule has 3 heteroatoms. The van der Waals surface area contributed by atoms with Gasteiger partial charge in [0.1, 0.15) is 5.75 Å². The van der Waals surface area contributed by atoms with Crippen molar-refractivity contribution in [1.82, 2.24) is 0 Å². The predicted molar refractivity (Wildman–Crippen MR) is 103 cm³/mol. The van der Waals surface area contributed by atoms with Crippen LogP contribution in [0.25, 0.3) is 0 Å². The first-order valence-corrected chi connectivity index (χ1v) is 8.75. The lowest BCUT2D eigenvalue weighted by Gasteiger charge is -2.11. The van der Waals surface area contributed by atoms with E-state index in [-0.39, 0.29) is 6.04 Å². The summed E-state index contributed by atoms with van der Waals surface area (Å²) in [6, 6.07) is 6.27. The molecule has 1 aromatic rings. The van der Waals surface area contributed by atoms with Gasteiger partial charge in [0, 0.05) is 13.1 Å². The molecule has 1 atom stereocenters. The average molecular weight is 321 g/mol. The number of rotatable bonds is 9. The van der Waals surface area contributed by atoms with E-state index in [1.54, 1.807) is 7.11 Å². The van der Waals surface area contributed by atoms with Crippen LogP contribution in [0.5, 0.6) is 5.75 Å². The van der Waals surface area contributed by atoms with E-state index >= 15 is 0 Å². The van der Waals surface area contributed by atoms with Crippen molar-refractivity contribution in [2.24, 2.45) is 11.7 Å². The molecule has 0 heterocycles. The number of hydrogen-bond acceptors (Lipinski definition) is 3. The largest absolute Gasteiger partial charge is 0.495 e. The molecule has 1 aromatic carbocycles. The maximum absolute atomic E-state index is 5.73. The maximum Gasteiger partial charge on any atom is 0.141 e. The van der Waals surface area contributed by atoms with Gasteiger partial charge in [0.2, 0.25) is 0 Å². The van der Waals surface area contributed by atoms with E-state index in [1.165, 1.54) is 31.2 Å². The lowest BCUT2D eigenvalue weighted by Crippen LogP contribution is -2.17. The second-order valence-electron chi connectivity index (χ2n) is 6.04. The Labute approximate surface area is 143 Å². The Morgan fingerprint density at radius 2 is 1.87 bits per heavy atom. The monoisotopic (exact) mass is 320 g/mol. The summed E-state index contributed by atoms with van der Waals surface area (Å²) in [5, 5.41) is 3.09. The molecule has 23 heavy (non-hydrogen) atoms. The van der Waals surface area contributed by atoms with E-state index < -0.39 is 0 Å². The number of ether oxygens (including phenoxy) is 1. The van der Waals surface area contributed by atoms with Gasteiger partial charge in [-0.25, -0.2) is 0 Å². The van der Waals surface area contributed by atoms with Crippen molar-refractivity contribution in [2.75, 3.05) is 19.5 Å². The summed E-state index contributed by atoms with van der Waals surface area (Å²) in [7, 11) is 3.55. The summed E-state index contributed by atoms with van der Waals surface area (Å²) in [6.07, 6.45) is 8.19. The molecule has 0 aromatic heterocycles. The van der Waals surface area contributed by atoms with E-state index in [1.807, 2.05) is 26.1 Å². The molecule has 1 unspecified atom stereocenters. The standard InChI is InChI=1S/C11H18N2O.C9H18/c1-8(12)6-9-4-5-11(14-3)10(7-9)13-2;1-4-7-9(6-3)8-5-2/h4-5,7-8,13H,6,12H2,1-3H3;6,9H,3-5,7-8H2,1-2H3. The lowest BCUT2D eigenvalue weighted by molar-refractivity contribution is 0.416. The molecule has 0 saturated heterocycles. The van der Waals surface area contributed by atoms with Gasteiger partial charge in [0.05, 0.1) is 12.8 Å². The van der Waals surface area contributed by atoms with Crippen LogP contribution < -0.4 is 15.8 Å². The van der Waals surface area contributed by atoms with Crippen molar-refractivity contribution >= 4 is 5.69 Å². The van der Waals surface area contributed by atoms with Crippen molar-refractivity contribution in [1.29, 1.82) is 0 Å². The van der Waals surface area contributed by atoms with E-state index in [9.17, 15) is 0 Å². The lowest BCUT2D eigenvalue weighted by atomic mass is 9.99. The highest BCUT2D eigenvalue weighted by Gasteiger charge is 2.04. The third kappa shape index (κ3) is 9.29. The van der Waals surface area contributed by atoms with Crippen molar-refractivity contribution < 1.29 is 4.74 Å². The van der Waals surface area contributed by atoms with Gasteiger partial charge < -0.3 is 15.8 Å². The third-order valence-electron chi connectivity index (χ3n) is 3.74. The number of benzene rings is 1.